The summed E-state index contributed by atoms with van der Waals surface area (Å²) in [5, 5.41) is 14.0. The molecule has 1 aromatic rings. The standard InChI is InChI=1S/C14H23N3O2/c1-10(2)8-17-11(3)13(7-15-17)14(19)16-6-4-5-12(18)9-16/h7,10,12,18H,4-6,8-9H2,1-3H3. The van der Waals surface area contributed by atoms with Gasteiger partial charge in [-0.3, -0.25) is 9.48 Å². The lowest BCUT2D eigenvalue weighted by molar-refractivity contribution is 0.0473. The van der Waals surface area contributed by atoms with Crippen LogP contribution in [0.4, 0.5) is 0 Å². The van der Waals surface area contributed by atoms with Crippen molar-refractivity contribution in [3.63, 3.8) is 0 Å². The van der Waals surface area contributed by atoms with Crippen LogP contribution in [0.15, 0.2) is 6.20 Å². The van der Waals surface area contributed by atoms with Gasteiger partial charge in [0, 0.05) is 25.3 Å². The van der Waals surface area contributed by atoms with Gasteiger partial charge in [-0.15, -0.1) is 0 Å². The lowest BCUT2D eigenvalue weighted by atomic mass is 10.1. The van der Waals surface area contributed by atoms with E-state index in [1.807, 2.05) is 11.6 Å². The Morgan fingerprint density at radius 3 is 2.95 bits per heavy atom. The van der Waals surface area contributed by atoms with Crippen LogP contribution in [0.3, 0.4) is 0 Å². The largest absolute Gasteiger partial charge is 0.391 e. The molecule has 0 bridgehead atoms. The van der Waals surface area contributed by atoms with Crippen molar-refractivity contribution >= 4 is 5.91 Å². The summed E-state index contributed by atoms with van der Waals surface area (Å²) < 4.78 is 1.89. The minimum atomic E-state index is -0.385. The number of hydrogen-bond acceptors (Lipinski definition) is 3. The van der Waals surface area contributed by atoms with E-state index >= 15 is 0 Å². The summed E-state index contributed by atoms with van der Waals surface area (Å²) in [4.78, 5) is 14.2. The second-order valence-corrected chi connectivity index (χ2v) is 5.77. The Labute approximate surface area is 114 Å². The van der Waals surface area contributed by atoms with Crippen LogP contribution in [0.25, 0.3) is 0 Å². The first-order valence-electron chi connectivity index (χ1n) is 6.98. The molecule has 0 aliphatic carbocycles. The highest BCUT2D eigenvalue weighted by Crippen LogP contribution is 2.16. The molecule has 0 radical (unpaired) electrons. The fourth-order valence-corrected chi connectivity index (χ4v) is 2.50. The average molecular weight is 265 g/mol. The predicted molar refractivity (Wildman–Crippen MR) is 72.9 cm³/mol. The monoisotopic (exact) mass is 265 g/mol. The number of aliphatic hydroxyl groups excluding tert-OH is 1. The van der Waals surface area contributed by atoms with E-state index in [2.05, 4.69) is 18.9 Å². The summed E-state index contributed by atoms with van der Waals surface area (Å²) in [5.41, 5.74) is 1.58. The molecule has 1 fully saturated rings. The number of rotatable bonds is 3. The average Bonchev–Trinajstić information content (AvgIpc) is 2.69. The Hall–Kier alpha value is -1.36. The van der Waals surface area contributed by atoms with Crippen LogP contribution in [-0.2, 0) is 6.54 Å². The fourth-order valence-electron chi connectivity index (χ4n) is 2.50. The molecule has 1 unspecified atom stereocenters. The van der Waals surface area contributed by atoms with Crippen molar-refractivity contribution in [1.29, 1.82) is 0 Å². The van der Waals surface area contributed by atoms with Crippen molar-refractivity contribution in [1.82, 2.24) is 14.7 Å². The number of aromatic nitrogens is 2. The molecule has 5 heteroatoms. The van der Waals surface area contributed by atoms with Crippen LogP contribution in [0.1, 0.15) is 42.7 Å². The molecule has 2 rings (SSSR count). The third kappa shape index (κ3) is 3.15. The third-order valence-electron chi connectivity index (χ3n) is 3.56. The van der Waals surface area contributed by atoms with Crippen LogP contribution in [0.5, 0.6) is 0 Å². The van der Waals surface area contributed by atoms with Crippen molar-refractivity contribution in [2.75, 3.05) is 13.1 Å². The van der Waals surface area contributed by atoms with Crippen LogP contribution < -0.4 is 0 Å². The topological polar surface area (TPSA) is 58.4 Å². The predicted octanol–water partition coefficient (Wildman–Crippen LogP) is 1.44. The van der Waals surface area contributed by atoms with Crippen molar-refractivity contribution in [3.8, 4) is 0 Å². The van der Waals surface area contributed by atoms with Gasteiger partial charge in [0.25, 0.3) is 5.91 Å². The molecule has 1 aromatic heterocycles. The minimum Gasteiger partial charge on any atom is -0.391 e. The maximum Gasteiger partial charge on any atom is 0.257 e. The molecule has 1 N–H and O–H groups in total. The summed E-state index contributed by atoms with van der Waals surface area (Å²) in [6.07, 6.45) is 2.92. The summed E-state index contributed by atoms with van der Waals surface area (Å²) in [5.74, 6) is 0.490. The number of carbonyl (C=O) groups is 1. The molecule has 5 nitrogen and oxygen atoms in total. The third-order valence-corrected chi connectivity index (χ3v) is 3.56. The van der Waals surface area contributed by atoms with Crippen LogP contribution in [0, 0.1) is 12.8 Å². The highest BCUT2D eigenvalue weighted by Gasteiger charge is 2.25. The van der Waals surface area contributed by atoms with E-state index in [4.69, 9.17) is 0 Å². The quantitative estimate of drug-likeness (QED) is 0.899. The number of β-amino-alcohol motifs (C(OH)–C–C–N with tert-alkyl or cyclic N) is 1. The van der Waals surface area contributed by atoms with Crippen LogP contribution in [0.2, 0.25) is 0 Å². The summed E-state index contributed by atoms with van der Waals surface area (Å²) >= 11 is 0. The highest BCUT2D eigenvalue weighted by molar-refractivity contribution is 5.95. The van der Waals surface area contributed by atoms with Gasteiger partial charge < -0.3 is 10.0 Å². The van der Waals surface area contributed by atoms with Crippen molar-refractivity contribution < 1.29 is 9.90 Å². The Morgan fingerprint density at radius 1 is 1.58 bits per heavy atom. The minimum absolute atomic E-state index is 0.00810. The lowest BCUT2D eigenvalue weighted by Crippen LogP contribution is -2.42. The summed E-state index contributed by atoms with van der Waals surface area (Å²) in [6.45, 7) is 8.18. The van der Waals surface area contributed by atoms with E-state index in [-0.39, 0.29) is 12.0 Å². The zero-order valence-electron chi connectivity index (χ0n) is 12.0. The van der Waals surface area contributed by atoms with Gasteiger partial charge in [0.2, 0.25) is 0 Å². The van der Waals surface area contributed by atoms with Gasteiger partial charge in [0.05, 0.1) is 17.9 Å². The number of nitrogens with zero attached hydrogens (tertiary/aromatic N) is 3. The number of piperidine rings is 1. The number of carbonyl (C=O) groups excluding carboxylic acids is 1. The number of amides is 1. The molecule has 1 aliphatic rings. The molecule has 2 heterocycles. The van der Waals surface area contributed by atoms with Gasteiger partial charge in [-0.2, -0.15) is 5.10 Å². The normalized spacial score (nSPS) is 20.1. The number of aliphatic hydroxyl groups is 1. The Balaban J connectivity index is 2.13. The van der Waals surface area contributed by atoms with Gasteiger partial charge in [-0.05, 0) is 25.7 Å². The molecule has 1 saturated heterocycles. The van der Waals surface area contributed by atoms with Crippen molar-refractivity contribution in [2.24, 2.45) is 5.92 Å². The van der Waals surface area contributed by atoms with E-state index in [0.717, 1.165) is 31.6 Å². The zero-order chi connectivity index (χ0) is 14.0. The molecule has 106 valence electrons. The van der Waals surface area contributed by atoms with E-state index < -0.39 is 0 Å². The Bertz CT molecular complexity index is 454. The molecule has 1 aliphatic heterocycles. The Kier molecular flexibility index (Phi) is 4.24. The second-order valence-electron chi connectivity index (χ2n) is 5.77. The SMILES string of the molecule is Cc1c(C(=O)N2CCCC(O)C2)cnn1CC(C)C. The molecule has 0 saturated carbocycles. The van der Waals surface area contributed by atoms with Crippen molar-refractivity contribution in [3.05, 3.63) is 17.5 Å². The highest BCUT2D eigenvalue weighted by atomic mass is 16.3. The molecule has 1 atom stereocenters. The molecular formula is C14H23N3O2. The van der Waals surface area contributed by atoms with Crippen molar-refractivity contribution in [2.45, 2.75) is 46.3 Å². The molecule has 19 heavy (non-hydrogen) atoms. The summed E-state index contributed by atoms with van der Waals surface area (Å²) in [7, 11) is 0. The van der Waals surface area contributed by atoms with Gasteiger partial charge in [-0.1, -0.05) is 13.8 Å². The molecule has 0 spiro atoms. The number of likely N-dealkylation sites (tertiary alicyclic amines) is 1. The molecule has 1 amide bonds. The Morgan fingerprint density at radius 2 is 2.32 bits per heavy atom. The lowest BCUT2D eigenvalue weighted by Gasteiger charge is -2.30. The first kappa shape index (κ1) is 14.1. The van der Waals surface area contributed by atoms with Gasteiger partial charge in [-0.25, -0.2) is 0 Å². The van der Waals surface area contributed by atoms with E-state index in [1.54, 1.807) is 11.1 Å². The van der Waals surface area contributed by atoms with Crippen LogP contribution >= 0.6 is 0 Å². The van der Waals surface area contributed by atoms with Gasteiger partial charge >= 0.3 is 0 Å². The first-order chi connectivity index (χ1) is 8.99. The maximum absolute atomic E-state index is 12.4. The van der Waals surface area contributed by atoms with E-state index in [1.165, 1.54) is 0 Å². The van der Waals surface area contributed by atoms with Gasteiger partial charge in [0.15, 0.2) is 0 Å². The smallest absolute Gasteiger partial charge is 0.257 e. The summed E-state index contributed by atoms with van der Waals surface area (Å²) in [6, 6.07) is 0. The fraction of sp³-hybridized carbons (Fsp3) is 0.714. The second kappa shape index (κ2) is 5.74. The first-order valence-corrected chi connectivity index (χ1v) is 6.98. The van der Waals surface area contributed by atoms with Gasteiger partial charge in [0.1, 0.15) is 0 Å². The van der Waals surface area contributed by atoms with Crippen LogP contribution in [-0.4, -0.2) is 44.9 Å². The maximum atomic E-state index is 12.4. The van der Waals surface area contributed by atoms with E-state index in [0.29, 0.717) is 18.0 Å². The van der Waals surface area contributed by atoms with E-state index in [9.17, 15) is 9.90 Å². The number of hydrogen-bond donors (Lipinski definition) is 1. The molecule has 0 aromatic carbocycles. The molecular weight excluding hydrogens is 242 g/mol. The zero-order valence-corrected chi connectivity index (χ0v) is 12.0.